The van der Waals surface area contributed by atoms with E-state index < -0.39 is 18.2 Å². The van der Waals surface area contributed by atoms with E-state index in [2.05, 4.69) is 5.32 Å². The normalized spacial score (nSPS) is 11.6. The number of hydrogen-bond acceptors (Lipinski definition) is 4. The lowest BCUT2D eigenvalue weighted by Crippen LogP contribution is -2.31. The van der Waals surface area contributed by atoms with Crippen molar-refractivity contribution in [1.29, 1.82) is 0 Å². The third-order valence-corrected chi connectivity index (χ3v) is 1.93. The Labute approximate surface area is 97.8 Å². The first-order valence-corrected chi connectivity index (χ1v) is 5.01. The van der Waals surface area contributed by atoms with Crippen molar-refractivity contribution < 1.29 is 24.5 Å². The molecule has 1 amide bonds. The summed E-state index contributed by atoms with van der Waals surface area (Å²) in [7, 11) is 0. The summed E-state index contributed by atoms with van der Waals surface area (Å²) >= 11 is 0. The molecule has 17 heavy (non-hydrogen) atoms. The number of aliphatic hydroxyl groups excluding tert-OH is 1. The Morgan fingerprint density at radius 2 is 1.94 bits per heavy atom. The van der Waals surface area contributed by atoms with Gasteiger partial charge in [0.1, 0.15) is 5.75 Å². The van der Waals surface area contributed by atoms with Gasteiger partial charge in [0.25, 0.3) is 0 Å². The highest BCUT2D eigenvalue weighted by molar-refractivity contribution is 5.72. The lowest BCUT2D eigenvalue weighted by molar-refractivity contribution is -0.146. The number of carbonyl (C=O) groups excluding carboxylic acids is 1. The monoisotopic (exact) mass is 239 g/mol. The van der Waals surface area contributed by atoms with E-state index in [1.807, 2.05) is 0 Å². The first-order chi connectivity index (χ1) is 8.09. The fraction of sp³-hybridized carbons (Fsp3) is 0.273. The van der Waals surface area contributed by atoms with Crippen molar-refractivity contribution in [2.24, 2.45) is 0 Å². The molecule has 1 aromatic rings. The molecule has 6 heteroatoms. The minimum absolute atomic E-state index is 0.0269. The van der Waals surface area contributed by atoms with Crippen LogP contribution in [0.15, 0.2) is 30.3 Å². The van der Waals surface area contributed by atoms with Crippen LogP contribution in [-0.2, 0) is 4.79 Å². The molecule has 0 bridgehead atoms. The first kappa shape index (κ1) is 13.0. The van der Waals surface area contributed by atoms with Crippen molar-refractivity contribution in [2.75, 3.05) is 6.54 Å². The highest BCUT2D eigenvalue weighted by atomic mass is 16.6. The van der Waals surface area contributed by atoms with Crippen molar-refractivity contribution >= 4 is 12.1 Å². The van der Waals surface area contributed by atoms with E-state index in [0.717, 1.165) is 0 Å². The molecule has 92 valence electrons. The van der Waals surface area contributed by atoms with Gasteiger partial charge in [-0.3, -0.25) is 0 Å². The van der Waals surface area contributed by atoms with Gasteiger partial charge in [-0.2, -0.15) is 0 Å². The molecular weight excluding hydrogens is 226 g/mol. The second-order valence-corrected chi connectivity index (χ2v) is 3.27. The molecular formula is C11H13NO5. The lowest BCUT2D eigenvalue weighted by Gasteiger charge is -2.07. The van der Waals surface area contributed by atoms with Crippen LogP contribution in [0.1, 0.15) is 6.42 Å². The molecule has 0 spiro atoms. The van der Waals surface area contributed by atoms with Gasteiger partial charge in [0.2, 0.25) is 0 Å². The summed E-state index contributed by atoms with van der Waals surface area (Å²) in [6.07, 6.45) is -2.24. The molecule has 0 aliphatic rings. The number of ether oxygens (including phenoxy) is 1. The van der Waals surface area contributed by atoms with Crippen molar-refractivity contribution in [3.63, 3.8) is 0 Å². The number of carboxylic acid groups (broad SMARTS) is 1. The predicted octanol–water partition coefficient (Wildman–Crippen LogP) is 0.611. The Hall–Kier alpha value is -2.08. The third-order valence-electron chi connectivity index (χ3n) is 1.93. The van der Waals surface area contributed by atoms with Crippen LogP contribution in [0.3, 0.4) is 0 Å². The summed E-state index contributed by atoms with van der Waals surface area (Å²) in [6, 6.07) is 8.46. The standard InChI is InChI=1S/C11H13NO5/c13-9(10(14)15)6-7-12-11(16)17-8-4-2-1-3-5-8/h1-5,9,13H,6-7H2,(H,12,16)(H,14,15). The van der Waals surface area contributed by atoms with Crippen LogP contribution >= 0.6 is 0 Å². The summed E-state index contributed by atoms with van der Waals surface area (Å²) in [6.45, 7) is 0.0269. The molecule has 0 radical (unpaired) electrons. The summed E-state index contributed by atoms with van der Waals surface area (Å²) in [4.78, 5) is 21.5. The molecule has 0 heterocycles. The second kappa shape index (κ2) is 6.49. The number of amides is 1. The van der Waals surface area contributed by atoms with Gasteiger partial charge in [0.05, 0.1) is 0 Å². The SMILES string of the molecule is O=C(NCCC(O)C(=O)O)Oc1ccccc1. The van der Waals surface area contributed by atoms with Crippen molar-refractivity contribution in [3.05, 3.63) is 30.3 Å². The highest BCUT2D eigenvalue weighted by Gasteiger charge is 2.13. The molecule has 0 saturated heterocycles. The Bertz CT molecular complexity index is 379. The molecule has 3 N–H and O–H groups in total. The van der Waals surface area contributed by atoms with E-state index in [-0.39, 0.29) is 13.0 Å². The topological polar surface area (TPSA) is 95.9 Å². The molecule has 0 aliphatic heterocycles. The number of hydrogen-bond donors (Lipinski definition) is 3. The average Bonchev–Trinajstić information content (AvgIpc) is 2.30. The summed E-state index contributed by atoms with van der Waals surface area (Å²) < 4.78 is 4.88. The van der Waals surface area contributed by atoms with Crippen molar-refractivity contribution in [2.45, 2.75) is 12.5 Å². The number of aliphatic carboxylic acids is 1. The van der Waals surface area contributed by atoms with Crippen LogP contribution in [0.5, 0.6) is 5.75 Å². The van der Waals surface area contributed by atoms with Crippen molar-refractivity contribution in [1.82, 2.24) is 5.32 Å². The fourth-order valence-corrected chi connectivity index (χ4v) is 1.07. The minimum atomic E-state index is -1.48. The zero-order chi connectivity index (χ0) is 12.7. The molecule has 1 aromatic carbocycles. The van der Waals surface area contributed by atoms with E-state index in [1.165, 1.54) is 0 Å². The van der Waals surface area contributed by atoms with Gasteiger partial charge in [-0.1, -0.05) is 18.2 Å². The largest absolute Gasteiger partial charge is 0.479 e. The second-order valence-electron chi connectivity index (χ2n) is 3.27. The first-order valence-electron chi connectivity index (χ1n) is 5.01. The summed E-state index contributed by atoms with van der Waals surface area (Å²) in [5.41, 5.74) is 0. The number of rotatable bonds is 5. The van der Waals surface area contributed by atoms with Gasteiger partial charge in [0.15, 0.2) is 6.10 Å². The number of carboxylic acids is 1. The van der Waals surface area contributed by atoms with E-state index in [9.17, 15) is 9.59 Å². The maximum atomic E-state index is 11.2. The Morgan fingerprint density at radius 3 is 2.53 bits per heavy atom. The maximum Gasteiger partial charge on any atom is 0.412 e. The minimum Gasteiger partial charge on any atom is -0.479 e. The van der Waals surface area contributed by atoms with E-state index in [0.29, 0.717) is 5.75 Å². The highest BCUT2D eigenvalue weighted by Crippen LogP contribution is 2.07. The van der Waals surface area contributed by atoms with Crippen LogP contribution in [0.25, 0.3) is 0 Å². The van der Waals surface area contributed by atoms with Gasteiger partial charge in [-0.15, -0.1) is 0 Å². The number of aliphatic hydroxyl groups is 1. The van der Waals surface area contributed by atoms with Gasteiger partial charge >= 0.3 is 12.1 Å². The maximum absolute atomic E-state index is 11.2. The number of carbonyl (C=O) groups is 2. The average molecular weight is 239 g/mol. The summed E-state index contributed by atoms with van der Waals surface area (Å²) in [5, 5.41) is 19.7. The van der Waals surface area contributed by atoms with Gasteiger partial charge in [0, 0.05) is 13.0 Å². The quantitative estimate of drug-likeness (QED) is 0.699. The molecule has 0 aliphatic carbocycles. The number of para-hydroxylation sites is 1. The van der Waals surface area contributed by atoms with Crippen LogP contribution < -0.4 is 10.1 Å². The zero-order valence-corrected chi connectivity index (χ0v) is 9.00. The molecule has 1 atom stereocenters. The third kappa shape index (κ3) is 4.98. The number of nitrogens with one attached hydrogen (secondary N) is 1. The fourth-order valence-electron chi connectivity index (χ4n) is 1.07. The van der Waals surface area contributed by atoms with Crippen LogP contribution in [-0.4, -0.2) is 34.9 Å². The van der Waals surface area contributed by atoms with Crippen LogP contribution in [0.4, 0.5) is 4.79 Å². The molecule has 1 rings (SSSR count). The smallest absolute Gasteiger partial charge is 0.412 e. The van der Waals surface area contributed by atoms with E-state index >= 15 is 0 Å². The Morgan fingerprint density at radius 1 is 1.29 bits per heavy atom. The molecule has 0 fully saturated rings. The number of benzene rings is 1. The van der Waals surface area contributed by atoms with Gasteiger partial charge in [-0.05, 0) is 12.1 Å². The Kier molecular flexibility index (Phi) is 4.96. The van der Waals surface area contributed by atoms with E-state index in [1.54, 1.807) is 30.3 Å². The zero-order valence-electron chi connectivity index (χ0n) is 9.00. The summed E-state index contributed by atoms with van der Waals surface area (Å²) in [5.74, 6) is -0.924. The van der Waals surface area contributed by atoms with Crippen LogP contribution in [0, 0.1) is 0 Å². The predicted molar refractivity (Wildman–Crippen MR) is 58.7 cm³/mol. The van der Waals surface area contributed by atoms with Crippen molar-refractivity contribution in [3.8, 4) is 5.75 Å². The van der Waals surface area contributed by atoms with Gasteiger partial charge < -0.3 is 20.3 Å². The molecule has 1 unspecified atom stereocenters. The molecule has 6 nitrogen and oxygen atoms in total. The van der Waals surface area contributed by atoms with E-state index in [4.69, 9.17) is 14.9 Å². The van der Waals surface area contributed by atoms with Gasteiger partial charge in [-0.25, -0.2) is 9.59 Å². The molecule has 0 aromatic heterocycles. The lowest BCUT2D eigenvalue weighted by atomic mass is 10.2. The Balaban J connectivity index is 2.25. The van der Waals surface area contributed by atoms with Crippen LogP contribution in [0.2, 0.25) is 0 Å². The molecule has 0 saturated carbocycles.